The van der Waals surface area contributed by atoms with E-state index in [4.69, 9.17) is 25.6 Å². The Morgan fingerprint density at radius 1 is 1.41 bits per heavy atom. The van der Waals surface area contributed by atoms with Crippen molar-refractivity contribution in [3.8, 4) is 5.75 Å². The van der Waals surface area contributed by atoms with E-state index in [9.17, 15) is 8.96 Å². The van der Waals surface area contributed by atoms with Gasteiger partial charge in [-0.25, -0.2) is 4.39 Å². The van der Waals surface area contributed by atoms with Crippen LogP contribution < -0.4 is 10.1 Å². The van der Waals surface area contributed by atoms with Gasteiger partial charge in [-0.05, 0) is 17.1 Å². The van der Waals surface area contributed by atoms with Gasteiger partial charge in [0.25, 0.3) is 0 Å². The molecule has 1 rings (SSSR count). The molecule has 1 aromatic rings. The summed E-state index contributed by atoms with van der Waals surface area (Å²) in [6.07, 6.45) is 0.855. The Bertz CT molecular complexity index is 504. The monoisotopic (exact) mass is 352 g/mol. The van der Waals surface area contributed by atoms with Crippen molar-refractivity contribution in [1.82, 2.24) is 0 Å². The fourth-order valence-electron chi connectivity index (χ4n) is 1.56. The molecule has 0 aromatic heterocycles. The van der Waals surface area contributed by atoms with Gasteiger partial charge in [-0.15, -0.1) is 4.52 Å². The highest BCUT2D eigenvalue weighted by Gasteiger charge is 2.31. The molecule has 0 saturated heterocycles. The zero-order chi connectivity index (χ0) is 16.5. The number of benzene rings is 1. The molecule has 124 valence electrons. The van der Waals surface area contributed by atoms with E-state index in [-0.39, 0.29) is 17.4 Å². The number of rotatable bonds is 10. The highest BCUT2D eigenvalue weighted by Crippen LogP contribution is 2.36. The van der Waals surface area contributed by atoms with Crippen LogP contribution in [0.4, 0.5) is 10.1 Å². The van der Waals surface area contributed by atoms with Crippen LogP contribution in [0.1, 0.15) is 20.3 Å². The maximum atomic E-state index is 13.8. The Labute approximate surface area is 136 Å². The minimum atomic E-state index is -2.04. The van der Waals surface area contributed by atoms with Crippen molar-refractivity contribution in [2.75, 3.05) is 32.2 Å². The lowest BCUT2D eigenvalue weighted by atomic mass is 10.2. The molecule has 2 unspecified atom stereocenters. The van der Waals surface area contributed by atoms with Gasteiger partial charge in [-0.2, -0.15) is 0 Å². The molecule has 0 spiro atoms. The molecule has 0 aliphatic carbocycles. The Morgan fingerprint density at radius 3 is 2.77 bits per heavy atom. The number of halogens is 2. The topological polar surface area (TPSA) is 56.8 Å². The van der Waals surface area contributed by atoms with E-state index in [0.717, 1.165) is 6.42 Å². The molecular weight excluding hydrogens is 332 g/mol. The quantitative estimate of drug-likeness (QED) is 0.498. The molecule has 1 aromatic carbocycles. The van der Waals surface area contributed by atoms with E-state index < -0.39 is 19.7 Å². The van der Waals surface area contributed by atoms with E-state index in [1.54, 1.807) is 6.92 Å². The summed E-state index contributed by atoms with van der Waals surface area (Å²) in [6, 6.07) is 2.63. The number of hydrogen-bond acceptors (Lipinski definition) is 5. The number of hydrogen-bond donors (Lipinski definition) is 1. The van der Waals surface area contributed by atoms with Crippen LogP contribution >= 0.6 is 19.6 Å². The summed E-state index contributed by atoms with van der Waals surface area (Å²) < 4.78 is 41.1. The Kier molecular flexibility index (Phi) is 8.64. The van der Waals surface area contributed by atoms with E-state index in [2.05, 4.69) is 5.32 Å². The largest absolute Gasteiger partial charge is 0.553 e. The maximum absolute atomic E-state index is 13.8. The van der Waals surface area contributed by atoms with Crippen molar-refractivity contribution >= 4 is 25.3 Å². The summed E-state index contributed by atoms with van der Waals surface area (Å²) in [5, 5.41) is 3.06. The first-order chi connectivity index (χ1) is 10.5. The Balaban J connectivity index is 2.72. The third kappa shape index (κ3) is 6.05. The van der Waals surface area contributed by atoms with Crippen LogP contribution in [0.25, 0.3) is 0 Å². The predicted octanol–water partition coefficient (Wildman–Crippen LogP) is 4.43. The third-order valence-electron chi connectivity index (χ3n) is 2.69. The van der Waals surface area contributed by atoms with Crippen LogP contribution in [0.2, 0.25) is 5.02 Å². The van der Waals surface area contributed by atoms with Gasteiger partial charge in [-0.1, -0.05) is 18.5 Å². The minimum Gasteiger partial charge on any atom is -0.443 e. The van der Waals surface area contributed by atoms with Crippen molar-refractivity contribution in [2.45, 2.75) is 26.1 Å². The highest BCUT2D eigenvalue weighted by molar-refractivity contribution is 7.39. The number of nitrogens with one attached hydrogen (secondary N) is 1. The maximum Gasteiger partial charge on any atom is 0.553 e. The van der Waals surface area contributed by atoms with Crippen molar-refractivity contribution in [1.29, 1.82) is 0 Å². The minimum absolute atomic E-state index is 0.117. The molecule has 5 nitrogen and oxygen atoms in total. The SMILES string of the molecule is CCCNc1cc(OC(C)[P+](=O)OCCOC)c(Cl)cc1F. The van der Waals surface area contributed by atoms with Crippen LogP contribution in [0, 0.1) is 5.82 Å². The molecular formula is C14H21ClFNO4P+. The Hall–Kier alpha value is -0.940. The van der Waals surface area contributed by atoms with E-state index in [1.807, 2.05) is 6.92 Å². The van der Waals surface area contributed by atoms with E-state index in [0.29, 0.717) is 18.8 Å². The summed E-state index contributed by atoms with van der Waals surface area (Å²) in [7, 11) is -0.515. The van der Waals surface area contributed by atoms with Crippen LogP contribution in [0.15, 0.2) is 12.1 Å². The molecule has 1 N–H and O–H groups in total. The average molecular weight is 353 g/mol. The molecule has 22 heavy (non-hydrogen) atoms. The first kappa shape index (κ1) is 19.1. The molecule has 0 radical (unpaired) electrons. The first-order valence-electron chi connectivity index (χ1n) is 6.97. The zero-order valence-electron chi connectivity index (χ0n) is 12.9. The molecule has 0 heterocycles. The molecule has 0 fully saturated rings. The van der Waals surface area contributed by atoms with Crippen LogP contribution in [0.5, 0.6) is 5.75 Å². The second-order valence-corrected chi connectivity index (χ2v) is 6.48. The normalized spacial score (nSPS) is 12.9. The van der Waals surface area contributed by atoms with Crippen molar-refractivity contribution < 1.29 is 23.0 Å². The van der Waals surface area contributed by atoms with Crippen LogP contribution in [-0.2, 0) is 13.8 Å². The van der Waals surface area contributed by atoms with Crippen molar-refractivity contribution in [3.63, 3.8) is 0 Å². The fourth-order valence-corrected chi connectivity index (χ4v) is 2.42. The molecule has 0 aliphatic rings. The standard InChI is InChI=1S/C14H21ClFNO4P/c1-4-5-17-13-9-14(11(15)8-12(13)16)21-10(2)22(18)20-7-6-19-3/h8-10,17H,4-7H2,1-3H3/q+1. The van der Waals surface area contributed by atoms with Gasteiger partial charge in [0.2, 0.25) is 0 Å². The van der Waals surface area contributed by atoms with Gasteiger partial charge in [0.15, 0.2) is 0 Å². The van der Waals surface area contributed by atoms with E-state index in [1.165, 1.54) is 19.2 Å². The summed E-state index contributed by atoms with van der Waals surface area (Å²) in [5.74, 6) is -0.916. The zero-order valence-corrected chi connectivity index (χ0v) is 14.5. The van der Waals surface area contributed by atoms with Gasteiger partial charge < -0.3 is 14.8 Å². The van der Waals surface area contributed by atoms with Crippen molar-refractivity contribution in [3.05, 3.63) is 23.0 Å². The van der Waals surface area contributed by atoms with Crippen molar-refractivity contribution in [2.24, 2.45) is 0 Å². The molecule has 0 saturated carbocycles. The Morgan fingerprint density at radius 2 is 2.14 bits per heavy atom. The summed E-state index contributed by atoms with van der Waals surface area (Å²) >= 11 is 5.96. The predicted molar refractivity (Wildman–Crippen MR) is 85.7 cm³/mol. The average Bonchev–Trinajstić information content (AvgIpc) is 2.48. The van der Waals surface area contributed by atoms with Gasteiger partial charge in [0.05, 0.1) is 17.3 Å². The lowest BCUT2D eigenvalue weighted by molar-refractivity contribution is 0.145. The molecule has 8 heteroatoms. The molecule has 0 aliphatic heterocycles. The summed E-state index contributed by atoms with van der Waals surface area (Å²) in [6.45, 7) is 4.75. The van der Waals surface area contributed by atoms with Gasteiger partial charge >= 0.3 is 13.9 Å². The van der Waals surface area contributed by atoms with Gasteiger partial charge in [0.1, 0.15) is 18.2 Å². The third-order valence-corrected chi connectivity index (χ3v) is 4.12. The molecule has 0 bridgehead atoms. The van der Waals surface area contributed by atoms with Gasteiger partial charge in [-0.3, -0.25) is 0 Å². The smallest absolute Gasteiger partial charge is 0.443 e. The first-order valence-corrected chi connectivity index (χ1v) is 8.59. The lowest BCUT2D eigenvalue weighted by Gasteiger charge is -2.12. The van der Waals surface area contributed by atoms with Crippen LogP contribution in [-0.4, -0.2) is 32.7 Å². The van der Waals surface area contributed by atoms with E-state index >= 15 is 0 Å². The second kappa shape index (κ2) is 9.95. The molecule has 0 amide bonds. The lowest BCUT2D eigenvalue weighted by Crippen LogP contribution is -2.10. The number of anilines is 1. The summed E-state index contributed by atoms with van der Waals surface area (Å²) in [5.41, 5.74) is 0.295. The highest BCUT2D eigenvalue weighted by atomic mass is 35.5. The van der Waals surface area contributed by atoms with Gasteiger partial charge in [0, 0.05) is 26.6 Å². The second-order valence-electron chi connectivity index (χ2n) is 4.52. The number of methoxy groups -OCH3 is 1. The summed E-state index contributed by atoms with van der Waals surface area (Å²) in [4.78, 5) is 0. The van der Waals surface area contributed by atoms with Crippen LogP contribution in [0.3, 0.4) is 0 Å². The fraction of sp³-hybridized carbons (Fsp3) is 0.571. The molecule has 2 atom stereocenters. The number of ether oxygens (including phenoxy) is 2.